The van der Waals surface area contributed by atoms with Crippen molar-refractivity contribution in [3.8, 4) is 0 Å². The van der Waals surface area contributed by atoms with Gasteiger partial charge in [0.25, 0.3) is 0 Å². The number of aromatic nitrogens is 1. The van der Waals surface area contributed by atoms with Crippen LogP contribution in [0.3, 0.4) is 0 Å². The van der Waals surface area contributed by atoms with Gasteiger partial charge in [0, 0.05) is 13.5 Å². The van der Waals surface area contributed by atoms with E-state index in [-0.39, 0.29) is 5.91 Å². The average Bonchev–Trinajstić information content (AvgIpc) is 2.62. The Morgan fingerprint density at radius 1 is 1.35 bits per heavy atom. The van der Waals surface area contributed by atoms with Crippen molar-refractivity contribution in [2.45, 2.75) is 34.2 Å². The molecule has 2 aromatic rings. The summed E-state index contributed by atoms with van der Waals surface area (Å²) >= 11 is 1.59. The highest BCUT2D eigenvalue weighted by Crippen LogP contribution is 2.24. The number of nitrogens with zero attached hydrogens (tertiary/aromatic N) is 2. The van der Waals surface area contributed by atoms with Crippen LogP contribution in [0.15, 0.2) is 17.1 Å². The van der Waals surface area contributed by atoms with E-state index in [1.54, 1.807) is 11.3 Å². The van der Waals surface area contributed by atoms with Gasteiger partial charge in [0.05, 0.1) is 10.2 Å². The van der Waals surface area contributed by atoms with Gasteiger partial charge in [-0.2, -0.15) is 4.99 Å². The molecule has 0 unspecified atom stereocenters. The maximum atomic E-state index is 11.2. The molecule has 0 saturated carbocycles. The topological polar surface area (TPSA) is 34.4 Å². The van der Waals surface area contributed by atoms with Gasteiger partial charge in [0.2, 0.25) is 5.91 Å². The standard InChI is InChI=1S/C13H16N2OS/c1-5-15-11-8(2)6-7-9(3)12(11)17-13(15)14-10(4)16/h6-7H,5H2,1-4H3. The zero-order valence-corrected chi connectivity index (χ0v) is 11.4. The van der Waals surface area contributed by atoms with Crippen LogP contribution < -0.4 is 4.80 Å². The second kappa shape index (κ2) is 4.45. The lowest BCUT2D eigenvalue weighted by Gasteiger charge is -2.04. The van der Waals surface area contributed by atoms with E-state index in [0.717, 1.165) is 11.3 Å². The number of rotatable bonds is 1. The quantitative estimate of drug-likeness (QED) is 0.764. The molecule has 4 heteroatoms. The molecule has 0 fully saturated rings. The monoisotopic (exact) mass is 248 g/mol. The van der Waals surface area contributed by atoms with Crippen LogP contribution in [0.4, 0.5) is 0 Å². The molecular formula is C13H16N2OS. The summed E-state index contributed by atoms with van der Waals surface area (Å²) in [6.07, 6.45) is 0. The van der Waals surface area contributed by atoms with Crippen molar-refractivity contribution in [3.63, 3.8) is 0 Å². The van der Waals surface area contributed by atoms with E-state index in [2.05, 4.69) is 42.5 Å². The number of benzene rings is 1. The summed E-state index contributed by atoms with van der Waals surface area (Å²) in [5, 5.41) is 0. The van der Waals surface area contributed by atoms with Gasteiger partial charge in [-0.1, -0.05) is 23.5 Å². The molecule has 1 amide bonds. The molecular weight excluding hydrogens is 232 g/mol. The zero-order chi connectivity index (χ0) is 12.6. The fraction of sp³-hybridized carbons (Fsp3) is 0.385. The van der Waals surface area contributed by atoms with E-state index in [0.29, 0.717) is 0 Å². The maximum Gasteiger partial charge on any atom is 0.245 e. The normalized spacial score (nSPS) is 12.4. The van der Waals surface area contributed by atoms with Gasteiger partial charge in [0.15, 0.2) is 4.80 Å². The van der Waals surface area contributed by atoms with E-state index in [1.165, 1.54) is 28.3 Å². The van der Waals surface area contributed by atoms with Crippen molar-refractivity contribution in [1.82, 2.24) is 4.57 Å². The lowest BCUT2D eigenvalue weighted by Crippen LogP contribution is -2.15. The van der Waals surface area contributed by atoms with Crippen LogP contribution >= 0.6 is 11.3 Å². The number of hydrogen-bond acceptors (Lipinski definition) is 2. The van der Waals surface area contributed by atoms with Crippen molar-refractivity contribution in [3.05, 3.63) is 28.1 Å². The smallest absolute Gasteiger partial charge is 0.245 e. The first-order valence-corrected chi connectivity index (χ1v) is 6.51. The molecule has 1 heterocycles. The average molecular weight is 248 g/mol. The largest absolute Gasteiger partial charge is 0.316 e. The maximum absolute atomic E-state index is 11.2. The third kappa shape index (κ3) is 2.05. The summed E-state index contributed by atoms with van der Waals surface area (Å²) in [4.78, 5) is 16.0. The molecule has 3 nitrogen and oxygen atoms in total. The Bertz CT molecular complexity index is 649. The number of fused-ring (bicyclic) bond motifs is 1. The highest BCUT2D eigenvalue weighted by molar-refractivity contribution is 7.16. The van der Waals surface area contributed by atoms with E-state index in [4.69, 9.17) is 0 Å². The summed E-state index contributed by atoms with van der Waals surface area (Å²) in [7, 11) is 0. The van der Waals surface area contributed by atoms with Gasteiger partial charge in [-0.15, -0.1) is 0 Å². The Balaban J connectivity index is 2.94. The molecule has 1 aromatic carbocycles. The number of amides is 1. The van der Waals surface area contributed by atoms with Gasteiger partial charge in [-0.05, 0) is 31.9 Å². The first kappa shape index (κ1) is 12.0. The Morgan fingerprint density at radius 3 is 2.59 bits per heavy atom. The van der Waals surface area contributed by atoms with Crippen molar-refractivity contribution < 1.29 is 4.79 Å². The molecule has 0 aliphatic carbocycles. The van der Waals surface area contributed by atoms with E-state index >= 15 is 0 Å². The number of carbonyl (C=O) groups is 1. The third-order valence-electron chi connectivity index (χ3n) is 2.79. The van der Waals surface area contributed by atoms with Crippen LogP contribution in [-0.2, 0) is 11.3 Å². The van der Waals surface area contributed by atoms with Crippen LogP contribution in [0.2, 0.25) is 0 Å². The lowest BCUT2D eigenvalue weighted by atomic mass is 10.1. The zero-order valence-electron chi connectivity index (χ0n) is 10.6. The fourth-order valence-electron chi connectivity index (χ4n) is 1.99. The molecule has 90 valence electrons. The molecule has 17 heavy (non-hydrogen) atoms. The predicted molar refractivity (Wildman–Crippen MR) is 71.2 cm³/mol. The predicted octanol–water partition coefficient (Wildman–Crippen LogP) is 2.79. The molecule has 0 radical (unpaired) electrons. The highest BCUT2D eigenvalue weighted by Gasteiger charge is 2.09. The van der Waals surface area contributed by atoms with E-state index in [9.17, 15) is 4.79 Å². The lowest BCUT2D eigenvalue weighted by molar-refractivity contribution is -0.116. The second-order valence-electron chi connectivity index (χ2n) is 4.14. The summed E-state index contributed by atoms with van der Waals surface area (Å²) < 4.78 is 3.34. The number of hydrogen-bond donors (Lipinski definition) is 0. The summed E-state index contributed by atoms with van der Waals surface area (Å²) in [5.74, 6) is -0.144. The molecule has 0 aliphatic rings. The summed E-state index contributed by atoms with van der Waals surface area (Å²) in [6, 6.07) is 4.24. The minimum atomic E-state index is -0.144. The summed E-state index contributed by atoms with van der Waals surface area (Å²) in [5.41, 5.74) is 3.68. The molecule has 0 atom stereocenters. The minimum Gasteiger partial charge on any atom is -0.316 e. The van der Waals surface area contributed by atoms with Crippen LogP contribution in [-0.4, -0.2) is 10.5 Å². The fourth-order valence-corrected chi connectivity index (χ4v) is 3.27. The first-order chi connectivity index (χ1) is 8.04. The van der Waals surface area contributed by atoms with Gasteiger partial charge in [-0.25, -0.2) is 0 Å². The third-order valence-corrected chi connectivity index (χ3v) is 4.01. The molecule has 0 saturated heterocycles. The van der Waals surface area contributed by atoms with Gasteiger partial charge >= 0.3 is 0 Å². The van der Waals surface area contributed by atoms with Gasteiger partial charge < -0.3 is 4.57 Å². The Labute approximate surface area is 104 Å². The molecule has 0 N–H and O–H groups in total. The number of carbonyl (C=O) groups excluding carboxylic acids is 1. The highest BCUT2D eigenvalue weighted by atomic mass is 32.1. The molecule has 2 rings (SSSR count). The van der Waals surface area contributed by atoms with Crippen molar-refractivity contribution in [2.75, 3.05) is 0 Å². The first-order valence-electron chi connectivity index (χ1n) is 5.69. The molecule has 0 bridgehead atoms. The molecule has 0 aliphatic heterocycles. The Hall–Kier alpha value is -1.42. The van der Waals surface area contributed by atoms with Gasteiger partial charge in [-0.3, -0.25) is 4.79 Å². The number of aryl methyl sites for hydroxylation is 3. The molecule has 1 aromatic heterocycles. The summed E-state index contributed by atoms with van der Waals surface area (Å²) in [6.45, 7) is 8.58. The van der Waals surface area contributed by atoms with Crippen LogP contribution in [0.25, 0.3) is 10.2 Å². The van der Waals surface area contributed by atoms with E-state index in [1.807, 2.05) is 0 Å². The minimum absolute atomic E-state index is 0.144. The molecule has 0 spiro atoms. The Morgan fingerprint density at radius 2 is 2.00 bits per heavy atom. The van der Waals surface area contributed by atoms with Crippen LogP contribution in [0.1, 0.15) is 25.0 Å². The van der Waals surface area contributed by atoms with Crippen LogP contribution in [0, 0.1) is 13.8 Å². The second-order valence-corrected chi connectivity index (χ2v) is 5.11. The SMILES string of the molecule is CCn1c(=NC(C)=O)sc2c(C)ccc(C)c21. The van der Waals surface area contributed by atoms with Gasteiger partial charge in [0.1, 0.15) is 0 Å². The van der Waals surface area contributed by atoms with Crippen molar-refractivity contribution >= 4 is 27.5 Å². The Kier molecular flexibility index (Phi) is 3.15. The number of thiazole rings is 1. The van der Waals surface area contributed by atoms with Crippen molar-refractivity contribution in [2.24, 2.45) is 4.99 Å². The van der Waals surface area contributed by atoms with E-state index < -0.39 is 0 Å². The van der Waals surface area contributed by atoms with Crippen molar-refractivity contribution in [1.29, 1.82) is 0 Å². The van der Waals surface area contributed by atoms with Crippen LogP contribution in [0.5, 0.6) is 0 Å².